The summed E-state index contributed by atoms with van der Waals surface area (Å²) in [6.07, 6.45) is 3.46. The zero-order valence-electron chi connectivity index (χ0n) is 13.7. The van der Waals surface area contributed by atoms with Gasteiger partial charge in [-0.15, -0.1) is 0 Å². The van der Waals surface area contributed by atoms with E-state index in [2.05, 4.69) is 4.98 Å². The van der Waals surface area contributed by atoms with Crippen molar-refractivity contribution in [1.82, 2.24) is 4.98 Å². The number of pyridine rings is 1. The van der Waals surface area contributed by atoms with E-state index in [0.29, 0.717) is 12.4 Å². The maximum absolute atomic E-state index is 6.01. The Morgan fingerprint density at radius 2 is 1.81 bits per heavy atom. The highest BCUT2D eigenvalue weighted by atomic mass is 16.7. The molecular weight excluding hydrogens is 269 g/mol. The van der Waals surface area contributed by atoms with Crippen molar-refractivity contribution in [1.29, 1.82) is 0 Å². The number of rotatable bonds is 5. The molecule has 1 unspecified atom stereocenters. The molecule has 0 bridgehead atoms. The highest BCUT2D eigenvalue weighted by Gasteiger charge is 2.51. The highest BCUT2D eigenvalue weighted by Crippen LogP contribution is 2.36. The molecule has 0 radical (unpaired) electrons. The molecule has 116 valence electrons. The van der Waals surface area contributed by atoms with Crippen molar-refractivity contribution in [3.05, 3.63) is 18.5 Å². The third-order valence-corrected chi connectivity index (χ3v) is 4.15. The van der Waals surface area contributed by atoms with Crippen LogP contribution in [0.4, 0.5) is 0 Å². The zero-order valence-corrected chi connectivity index (χ0v) is 13.7. The number of ether oxygens (including phenoxy) is 2. The van der Waals surface area contributed by atoms with Crippen LogP contribution in [0.2, 0.25) is 0 Å². The lowest BCUT2D eigenvalue weighted by atomic mass is 9.80. The maximum Gasteiger partial charge on any atom is 0.496 e. The second-order valence-electron chi connectivity index (χ2n) is 6.40. The topological polar surface area (TPSA) is 49.8 Å². The van der Waals surface area contributed by atoms with E-state index in [4.69, 9.17) is 18.8 Å². The Morgan fingerprint density at radius 1 is 1.19 bits per heavy atom. The molecule has 21 heavy (non-hydrogen) atoms. The fourth-order valence-corrected chi connectivity index (χ4v) is 1.90. The van der Waals surface area contributed by atoms with Gasteiger partial charge in [0, 0.05) is 18.8 Å². The summed E-state index contributed by atoms with van der Waals surface area (Å²) in [5.41, 5.74) is 0.134. The molecule has 0 N–H and O–H groups in total. The third kappa shape index (κ3) is 3.57. The van der Waals surface area contributed by atoms with E-state index in [0.717, 1.165) is 5.46 Å². The minimum atomic E-state index is -0.425. The second kappa shape index (κ2) is 5.95. The van der Waals surface area contributed by atoms with Gasteiger partial charge in [-0.2, -0.15) is 0 Å². The Bertz CT molecular complexity index is 476. The average Bonchev–Trinajstić information content (AvgIpc) is 2.65. The molecule has 0 aromatic carbocycles. The van der Waals surface area contributed by atoms with E-state index in [1.165, 1.54) is 0 Å². The smallest absolute Gasteiger partial charge is 0.489 e. The molecule has 0 saturated carbocycles. The quantitative estimate of drug-likeness (QED) is 0.775. The molecule has 6 heteroatoms. The van der Waals surface area contributed by atoms with Crippen molar-refractivity contribution >= 4 is 12.6 Å². The Morgan fingerprint density at radius 3 is 2.38 bits per heavy atom. The fourth-order valence-electron chi connectivity index (χ4n) is 1.90. The molecule has 1 atom stereocenters. The van der Waals surface area contributed by atoms with Gasteiger partial charge in [0.25, 0.3) is 0 Å². The van der Waals surface area contributed by atoms with Crippen molar-refractivity contribution in [3.63, 3.8) is 0 Å². The number of methoxy groups -OCH3 is 1. The SMILES string of the molecule is COC(C)COc1cncc(B2OC(C)(C)C(C)(C)O2)c1. The predicted octanol–water partition coefficient (Wildman–Crippen LogP) is 1.79. The molecule has 1 aromatic heterocycles. The summed E-state index contributed by atoms with van der Waals surface area (Å²) >= 11 is 0. The van der Waals surface area contributed by atoms with Crippen LogP contribution in [0.15, 0.2) is 18.5 Å². The molecule has 1 aromatic rings. The largest absolute Gasteiger partial charge is 0.496 e. The molecule has 0 amide bonds. The standard InChI is InChI=1S/C15H24BNO4/c1-11(18-6)10-19-13-7-12(8-17-9-13)16-20-14(2,3)15(4,5)21-16/h7-9,11H,10H2,1-6H3. The second-order valence-corrected chi connectivity index (χ2v) is 6.40. The van der Waals surface area contributed by atoms with Gasteiger partial charge in [0.05, 0.1) is 23.5 Å². The van der Waals surface area contributed by atoms with Crippen molar-refractivity contribution in [2.75, 3.05) is 13.7 Å². The fraction of sp³-hybridized carbons (Fsp3) is 0.667. The van der Waals surface area contributed by atoms with Crippen molar-refractivity contribution < 1.29 is 18.8 Å². The van der Waals surface area contributed by atoms with Crippen LogP contribution in [0.1, 0.15) is 34.6 Å². The Hall–Kier alpha value is -1.11. The zero-order chi connectivity index (χ0) is 15.7. The number of aromatic nitrogens is 1. The van der Waals surface area contributed by atoms with Crippen LogP contribution in [0.25, 0.3) is 0 Å². The van der Waals surface area contributed by atoms with E-state index >= 15 is 0 Å². The lowest BCUT2D eigenvalue weighted by molar-refractivity contribution is 0.00578. The lowest BCUT2D eigenvalue weighted by Crippen LogP contribution is -2.41. The molecule has 5 nitrogen and oxygen atoms in total. The number of hydrogen-bond donors (Lipinski definition) is 0. The van der Waals surface area contributed by atoms with E-state index in [9.17, 15) is 0 Å². The number of hydrogen-bond acceptors (Lipinski definition) is 5. The molecular formula is C15H24BNO4. The molecule has 2 rings (SSSR count). The van der Waals surface area contributed by atoms with Gasteiger partial charge in [-0.05, 0) is 40.7 Å². The Balaban J connectivity index is 2.08. The molecule has 1 saturated heterocycles. The summed E-state index contributed by atoms with van der Waals surface area (Å²) in [5, 5.41) is 0. The molecule has 2 heterocycles. The van der Waals surface area contributed by atoms with E-state index < -0.39 is 7.12 Å². The normalized spacial score (nSPS) is 21.3. The summed E-state index contributed by atoms with van der Waals surface area (Å²) in [6.45, 7) is 10.5. The first-order chi connectivity index (χ1) is 9.75. The average molecular weight is 293 g/mol. The van der Waals surface area contributed by atoms with Gasteiger partial charge in [0.15, 0.2) is 0 Å². The monoisotopic (exact) mass is 293 g/mol. The first kappa shape index (κ1) is 16.3. The van der Waals surface area contributed by atoms with Crippen LogP contribution >= 0.6 is 0 Å². The third-order valence-electron chi connectivity index (χ3n) is 4.15. The van der Waals surface area contributed by atoms with Crippen molar-refractivity contribution in [2.24, 2.45) is 0 Å². The van der Waals surface area contributed by atoms with Crippen LogP contribution in [0.3, 0.4) is 0 Å². The van der Waals surface area contributed by atoms with E-state index in [1.54, 1.807) is 19.5 Å². The van der Waals surface area contributed by atoms with Crippen molar-refractivity contribution in [2.45, 2.75) is 51.9 Å². The van der Waals surface area contributed by atoms with Gasteiger partial charge in [0.1, 0.15) is 12.4 Å². The van der Waals surface area contributed by atoms with Crippen LogP contribution in [-0.4, -0.2) is 43.1 Å². The van der Waals surface area contributed by atoms with Crippen LogP contribution in [0, 0.1) is 0 Å². The first-order valence-electron chi connectivity index (χ1n) is 7.21. The molecule has 0 spiro atoms. The van der Waals surface area contributed by atoms with Crippen molar-refractivity contribution in [3.8, 4) is 5.75 Å². The van der Waals surface area contributed by atoms with Gasteiger partial charge < -0.3 is 18.8 Å². The van der Waals surface area contributed by atoms with Gasteiger partial charge >= 0.3 is 7.12 Å². The van der Waals surface area contributed by atoms with Gasteiger partial charge in [-0.3, -0.25) is 4.98 Å². The summed E-state index contributed by atoms with van der Waals surface area (Å²) < 4.78 is 22.8. The minimum Gasteiger partial charge on any atom is -0.489 e. The highest BCUT2D eigenvalue weighted by molar-refractivity contribution is 6.62. The van der Waals surface area contributed by atoms with Gasteiger partial charge in [-0.25, -0.2) is 0 Å². The van der Waals surface area contributed by atoms with Gasteiger partial charge in [-0.1, -0.05) is 0 Å². The first-order valence-corrected chi connectivity index (χ1v) is 7.21. The molecule has 0 aliphatic carbocycles. The number of nitrogens with zero attached hydrogens (tertiary/aromatic N) is 1. The minimum absolute atomic E-state index is 0.0329. The predicted molar refractivity (Wildman–Crippen MR) is 81.9 cm³/mol. The lowest BCUT2D eigenvalue weighted by Gasteiger charge is -2.32. The summed E-state index contributed by atoms with van der Waals surface area (Å²) in [5.74, 6) is 0.686. The Labute approximate surface area is 127 Å². The summed E-state index contributed by atoms with van der Waals surface area (Å²) in [6, 6.07) is 1.90. The molecule has 1 aliphatic rings. The Kier molecular flexibility index (Phi) is 4.61. The van der Waals surface area contributed by atoms with Gasteiger partial charge in [0.2, 0.25) is 0 Å². The summed E-state index contributed by atoms with van der Waals surface area (Å²) in [4.78, 5) is 4.20. The van der Waals surface area contributed by atoms with Crippen LogP contribution < -0.4 is 10.2 Å². The van der Waals surface area contributed by atoms with E-state index in [-0.39, 0.29) is 17.3 Å². The molecule has 1 fully saturated rings. The summed E-state index contributed by atoms with van der Waals surface area (Å²) in [7, 11) is 1.23. The maximum atomic E-state index is 6.01. The van der Waals surface area contributed by atoms with Crippen LogP contribution in [-0.2, 0) is 14.0 Å². The molecule has 1 aliphatic heterocycles. The van der Waals surface area contributed by atoms with E-state index in [1.807, 2.05) is 40.7 Å². The van der Waals surface area contributed by atoms with Crippen LogP contribution in [0.5, 0.6) is 5.75 Å².